The Bertz CT molecular complexity index is 599. The number of fused-ring (bicyclic) bond motifs is 1. The van der Waals surface area contributed by atoms with Crippen molar-refractivity contribution in [2.75, 3.05) is 5.32 Å². The number of thiophene rings is 1. The Kier molecular flexibility index (Phi) is 2.95. The Morgan fingerprint density at radius 2 is 2.39 bits per heavy atom. The van der Waals surface area contributed by atoms with Crippen molar-refractivity contribution in [1.82, 2.24) is 9.97 Å². The molecule has 2 heterocycles. The lowest BCUT2D eigenvalue weighted by Gasteiger charge is -2.23. The lowest BCUT2D eigenvalue weighted by Crippen LogP contribution is -2.17. The van der Waals surface area contributed by atoms with Crippen LogP contribution in [-0.4, -0.2) is 9.97 Å². The number of anilines is 1. The quantitative estimate of drug-likeness (QED) is 0.897. The molecule has 0 saturated heterocycles. The number of rotatable bonds is 2. The van der Waals surface area contributed by atoms with Gasteiger partial charge in [-0.25, -0.2) is 9.97 Å². The molecule has 0 saturated carbocycles. The molecule has 0 radical (unpaired) electrons. The van der Waals surface area contributed by atoms with E-state index in [-0.39, 0.29) is 6.04 Å². The molecule has 0 aromatic carbocycles. The minimum absolute atomic E-state index is 0.272. The third kappa shape index (κ3) is 2.07. The lowest BCUT2D eigenvalue weighted by atomic mass is 9.94. The van der Waals surface area contributed by atoms with Crippen LogP contribution < -0.4 is 5.32 Å². The standard InChI is InChI=1S/C13H12N4S/c14-8-9-4-6-15-13(16-9)17-11-2-1-3-12-10(11)5-7-18-12/h4-7,11H,1-3H2,(H,15,16,17). The van der Waals surface area contributed by atoms with Crippen molar-refractivity contribution in [3.8, 4) is 6.07 Å². The molecule has 0 aliphatic heterocycles. The Hall–Kier alpha value is -1.93. The molecule has 1 aliphatic rings. The number of nitrogens with zero attached hydrogens (tertiary/aromatic N) is 3. The molecule has 1 N–H and O–H groups in total. The van der Waals surface area contributed by atoms with Crippen LogP contribution >= 0.6 is 11.3 Å². The minimum Gasteiger partial charge on any atom is -0.347 e. The molecule has 1 aliphatic carbocycles. The van der Waals surface area contributed by atoms with Crippen LogP contribution in [0.1, 0.15) is 35.0 Å². The Labute approximate surface area is 109 Å². The molecule has 1 unspecified atom stereocenters. The van der Waals surface area contributed by atoms with E-state index < -0.39 is 0 Å². The molecular formula is C13H12N4S. The van der Waals surface area contributed by atoms with Gasteiger partial charge < -0.3 is 5.32 Å². The zero-order valence-electron chi connectivity index (χ0n) is 9.76. The SMILES string of the molecule is N#Cc1ccnc(NC2CCCc3sccc32)n1. The first-order chi connectivity index (χ1) is 8.86. The average Bonchev–Trinajstić information content (AvgIpc) is 2.88. The Morgan fingerprint density at radius 3 is 3.28 bits per heavy atom. The van der Waals surface area contributed by atoms with E-state index in [0.717, 1.165) is 6.42 Å². The van der Waals surface area contributed by atoms with Gasteiger partial charge in [0.1, 0.15) is 11.8 Å². The number of nitrogens with one attached hydrogen (secondary N) is 1. The van der Waals surface area contributed by atoms with Crippen molar-refractivity contribution in [2.24, 2.45) is 0 Å². The Morgan fingerprint density at radius 1 is 1.44 bits per heavy atom. The monoisotopic (exact) mass is 256 g/mol. The molecule has 2 aromatic heterocycles. The van der Waals surface area contributed by atoms with E-state index in [0.29, 0.717) is 11.6 Å². The zero-order valence-corrected chi connectivity index (χ0v) is 10.6. The van der Waals surface area contributed by atoms with Gasteiger partial charge in [0.15, 0.2) is 0 Å². The van der Waals surface area contributed by atoms with Crippen LogP contribution in [0.2, 0.25) is 0 Å². The van der Waals surface area contributed by atoms with Crippen LogP contribution in [0.25, 0.3) is 0 Å². The zero-order chi connectivity index (χ0) is 12.4. The molecule has 0 bridgehead atoms. The fourth-order valence-corrected chi connectivity index (χ4v) is 3.27. The molecule has 1 atom stereocenters. The molecule has 2 aromatic rings. The Balaban J connectivity index is 1.84. The van der Waals surface area contributed by atoms with Crippen LogP contribution in [0.5, 0.6) is 0 Å². The lowest BCUT2D eigenvalue weighted by molar-refractivity contribution is 0.604. The number of hydrogen-bond acceptors (Lipinski definition) is 5. The highest BCUT2D eigenvalue weighted by Gasteiger charge is 2.21. The van der Waals surface area contributed by atoms with E-state index in [2.05, 4.69) is 26.7 Å². The van der Waals surface area contributed by atoms with E-state index >= 15 is 0 Å². The highest BCUT2D eigenvalue weighted by Crippen LogP contribution is 2.34. The first-order valence-electron chi connectivity index (χ1n) is 5.93. The highest BCUT2D eigenvalue weighted by atomic mass is 32.1. The van der Waals surface area contributed by atoms with Crippen molar-refractivity contribution >= 4 is 17.3 Å². The van der Waals surface area contributed by atoms with Crippen molar-refractivity contribution in [2.45, 2.75) is 25.3 Å². The summed E-state index contributed by atoms with van der Waals surface area (Å²) in [4.78, 5) is 9.79. The first-order valence-corrected chi connectivity index (χ1v) is 6.81. The third-order valence-corrected chi connectivity index (χ3v) is 4.12. The number of nitriles is 1. The largest absolute Gasteiger partial charge is 0.347 e. The van der Waals surface area contributed by atoms with E-state index in [9.17, 15) is 0 Å². The fraction of sp³-hybridized carbons (Fsp3) is 0.308. The predicted octanol–water partition coefficient (Wildman–Crippen LogP) is 2.90. The van der Waals surface area contributed by atoms with Crippen LogP contribution in [0.3, 0.4) is 0 Å². The maximum Gasteiger partial charge on any atom is 0.224 e. The summed E-state index contributed by atoms with van der Waals surface area (Å²) in [5.74, 6) is 0.540. The van der Waals surface area contributed by atoms with Gasteiger partial charge >= 0.3 is 0 Å². The van der Waals surface area contributed by atoms with Crippen LogP contribution in [0.15, 0.2) is 23.7 Å². The molecule has 4 nitrogen and oxygen atoms in total. The molecule has 0 amide bonds. The molecular weight excluding hydrogens is 244 g/mol. The third-order valence-electron chi connectivity index (χ3n) is 3.13. The van der Waals surface area contributed by atoms with Crippen molar-refractivity contribution in [1.29, 1.82) is 5.26 Å². The maximum atomic E-state index is 8.83. The van der Waals surface area contributed by atoms with E-state index in [1.165, 1.54) is 23.3 Å². The van der Waals surface area contributed by atoms with E-state index in [1.54, 1.807) is 12.3 Å². The van der Waals surface area contributed by atoms with Crippen molar-refractivity contribution in [3.63, 3.8) is 0 Å². The van der Waals surface area contributed by atoms with Gasteiger partial charge in [-0.2, -0.15) is 5.26 Å². The van der Waals surface area contributed by atoms with Gasteiger partial charge in [-0.05, 0) is 42.3 Å². The van der Waals surface area contributed by atoms with Gasteiger partial charge in [-0.3, -0.25) is 0 Å². The summed E-state index contributed by atoms with van der Waals surface area (Å²) in [5, 5.41) is 14.3. The summed E-state index contributed by atoms with van der Waals surface area (Å²) in [6.45, 7) is 0. The maximum absolute atomic E-state index is 8.83. The summed E-state index contributed by atoms with van der Waals surface area (Å²) >= 11 is 1.81. The summed E-state index contributed by atoms with van der Waals surface area (Å²) in [7, 11) is 0. The summed E-state index contributed by atoms with van der Waals surface area (Å²) in [5.41, 5.74) is 1.76. The summed E-state index contributed by atoms with van der Waals surface area (Å²) in [6, 6.07) is 6.09. The molecule has 90 valence electrons. The summed E-state index contributed by atoms with van der Waals surface area (Å²) in [6.07, 6.45) is 5.06. The van der Waals surface area contributed by atoms with Crippen LogP contribution in [-0.2, 0) is 6.42 Å². The first kappa shape index (κ1) is 11.2. The van der Waals surface area contributed by atoms with Crippen molar-refractivity contribution < 1.29 is 0 Å². The molecule has 0 fully saturated rings. The smallest absolute Gasteiger partial charge is 0.224 e. The number of hydrogen-bond donors (Lipinski definition) is 1. The second-order valence-electron chi connectivity index (χ2n) is 4.27. The van der Waals surface area contributed by atoms with Gasteiger partial charge in [0.05, 0.1) is 6.04 Å². The summed E-state index contributed by atoms with van der Waals surface area (Å²) < 4.78 is 0. The minimum atomic E-state index is 0.272. The number of aryl methyl sites for hydroxylation is 1. The molecule has 5 heteroatoms. The predicted molar refractivity (Wildman–Crippen MR) is 70.4 cm³/mol. The second kappa shape index (κ2) is 4.75. The fourth-order valence-electron chi connectivity index (χ4n) is 2.28. The topological polar surface area (TPSA) is 61.6 Å². The van der Waals surface area contributed by atoms with Gasteiger partial charge in [-0.1, -0.05) is 0 Å². The highest BCUT2D eigenvalue weighted by molar-refractivity contribution is 7.10. The molecule has 3 rings (SSSR count). The second-order valence-corrected chi connectivity index (χ2v) is 5.27. The van der Waals surface area contributed by atoms with Crippen molar-refractivity contribution in [3.05, 3.63) is 39.8 Å². The van der Waals surface area contributed by atoms with Crippen LogP contribution in [0.4, 0.5) is 5.95 Å². The van der Waals surface area contributed by atoms with Gasteiger partial charge in [0.25, 0.3) is 0 Å². The van der Waals surface area contributed by atoms with Gasteiger partial charge in [-0.15, -0.1) is 11.3 Å². The van der Waals surface area contributed by atoms with Gasteiger partial charge in [0.2, 0.25) is 5.95 Å². The van der Waals surface area contributed by atoms with Gasteiger partial charge in [0, 0.05) is 11.1 Å². The normalized spacial score (nSPS) is 17.8. The molecule has 18 heavy (non-hydrogen) atoms. The van der Waals surface area contributed by atoms with Crippen LogP contribution in [0, 0.1) is 11.3 Å². The van der Waals surface area contributed by atoms with E-state index in [1.807, 2.05) is 17.4 Å². The molecule has 0 spiro atoms. The average molecular weight is 256 g/mol. The number of aromatic nitrogens is 2. The van der Waals surface area contributed by atoms with E-state index in [4.69, 9.17) is 5.26 Å².